The molecule has 0 saturated carbocycles. The highest BCUT2D eigenvalue weighted by Gasteiger charge is 2.73. The van der Waals surface area contributed by atoms with Gasteiger partial charge in [0, 0.05) is 17.7 Å². The zero-order valence-electron chi connectivity index (χ0n) is 23.8. The molecule has 3 rings (SSSR count). The summed E-state index contributed by atoms with van der Waals surface area (Å²) in [7, 11) is 0.954. The van der Waals surface area contributed by atoms with Crippen molar-refractivity contribution in [3.8, 4) is 11.5 Å². The maximum absolute atomic E-state index is 14.7. The molecule has 48 heavy (non-hydrogen) atoms. The molecule has 0 heterocycles. The molecule has 0 bridgehead atoms. The lowest BCUT2D eigenvalue weighted by molar-refractivity contribution is -0.348. The summed E-state index contributed by atoms with van der Waals surface area (Å²) in [5.74, 6) is -6.35. The highest BCUT2D eigenvalue weighted by molar-refractivity contribution is 6.34. The van der Waals surface area contributed by atoms with Gasteiger partial charge in [-0.25, -0.2) is 8.78 Å². The molecule has 0 aromatic heterocycles. The molecule has 20 heteroatoms. The molecule has 3 aromatic carbocycles. The van der Waals surface area contributed by atoms with Gasteiger partial charge in [-0.2, -0.15) is 48.3 Å². The summed E-state index contributed by atoms with van der Waals surface area (Å²) in [5, 5.41) is 0.527. The van der Waals surface area contributed by atoms with E-state index in [-0.39, 0.29) is 24.4 Å². The fourth-order valence-electron chi connectivity index (χ4n) is 4.34. The average Bonchev–Trinajstić information content (AvgIpc) is 2.96. The number of benzene rings is 3. The Morgan fingerprint density at radius 3 is 2.02 bits per heavy atom. The molecule has 0 aliphatic carbocycles. The molecule has 0 spiro atoms. The number of rotatable bonds is 9. The largest absolute Gasteiger partial charge is 0.494 e. The van der Waals surface area contributed by atoms with Crippen LogP contribution in [0.2, 0.25) is 5.02 Å². The summed E-state index contributed by atoms with van der Waals surface area (Å²) in [6, 6.07) is 3.99. The van der Waals surface area contributed by atoms with E-state index in [1.807, 2.05) is 5.32 Å². The maximum atomic E-state index is 14.7. The zero-order valence-corrected chi connectivity index (χ0v) is 24.5. The second kappa shape index (κ2) is 13.6. The van der Waals surface area contributed by atoms with Crippen LogP contribution in [0.4, 0.5) is 68.5 Å². The maximum Gasteiger partial charge on any atom is 0.435 e. The van der Waals surface area contributed by atoms with Crippen molar-refractivity contribution in [2.45, 2.75) is 37.7 Å². The lowest BCUT2D eigenvalue weighted by Crippen LogP contribution is -2.50. The van der Waals surface area contributed by atoms with Crippen LogP contribution in [-0.2, 0) is 11.8 Å². The van der Waals surface area contributed by atoms with Crippen molar-refractivity contribution in [3.05, 3.63) is 81.6 Å². The van der Waals surface area contributed by atoms with E-state index in [1.165, 1.54) is 6.92 Å². The lowest BCUT2D eigenvalue weighted by atomic mass is 9.93. The summed E-state index contributed by atoms with van der Waals surface area (Å²) in [4.78, 5) is 27.3. The third-order valence-electron chi connectivity index (χ3n) is 6.50. The van der Waals surface area contributed by atoms with Crippen molar-refractivity contribution in [1.82, 2.24) is 0 Å². The van der Waals surface area contributed by atoms with Crippen molar-refractivity contribution in [3.63, 3.8) is 0 Å². The molecule has 0 unspecified atom stereocenters. The SMILES string of the molecule is CCN(C(=O)c1ccc(F)c(C(F)(F)F)c1)c1cccc(C(=O)Nc2c(Cl)cc(C(F)(C(F)(F)F)C(F)(F)F)cc2OC(F)F)c1OC. The monoisotopic (exact) mass is 728 g/mol. The van der Waals surface area contributed by atoms with Crippen LogP contribution in [0.5, 0.6) is 11.5 Å². The Labute approximate surface area is 266 Å². The molecule has 262 valence electrons. The smallest absolute Gasteiger partial charge is 0.435 e. The Hall–Kier alpha value is -4.42. The first-order valence-corrected chi connectivity index (χ1v) is 13.1. The highest BCUT2D eigenvalue weighted by Crippen LogP contribution is 2.55. The third kappa shape index (κ3) is 7.34. The number of methoxy groups -OCH3 is 1. The van der Waals surface area contributed by atoms with E-state index < -0.39 is 99.0 Å². The van der Waals surface area contributed by atoms with Gasteiger partial charge in [-0.3, -0.25) is 9.59 Å². The van der Waals surface area contributed by atoms with Crippen LogP contribution in [0.25, 0.3) is 0 Å². The van der Waals surface area contributed by atoms with Gasteiger partial charge in [-0.1, -0.05) is 17.7 Å². The van der Waals surface area contributed by atoms with Gasteiger partial charge in [0.1, 0.15) is 11.5 Å². The minimum atomic E-state index is -6.67. The van der Waals surface area contributed by atoms with Gasteiger partial charge in [0.25, 0.3) is 11.8 Å². The number of hydrogen-bond acceptors (Lipinski definition) is 4. The van der Waals surface area contributed by atoms with E-state index in [0.29, 0.717) is 6.07 Å². The third-order valence-corrected chi connectivity index (χ3v) is 6.80. The number of halogens is 14. The Morgan fingerprint density at radius 1 is 0.917 bits per heavy atom. The first-order valence-electron chi connectivity index (χ1n) is 12.8. The summed E-state index contributed by atoms with van der Waals surface area (Å²) in [6.07, 6.45) is -18.5. The van der Waals surface area contributed by atoms with E-state index in [0.717, 1.165) is 36.3 Å². The van der Waals surface area contributed by atoms with Gasteiger partial charge < -0.3 is 19.7 Å². The van der Waals surface area contributed by atoms with Gasteiger partial charge in [0.05, 0.1) is 28.9 Å². The number of carbonyl (C=O) groups is 2. The van der Waals surface area contributed by atoms with Crippen LogP contribution < -0.4 is 19.7 Å². The predicted molar refractivity (Wildman–Crippen MR) is 143 cm³/mol. The molecule has 0 atom stereocenters. The van der Waals surface area contributed by atoms with Crippen molar-refractivity contribution in [1.29, 1.82) is 0 Å². The molecular weight excluding hydrogens is 711 g/mol. The Bertz CT molecular complexity index is 1680. The number of para-hydroxylation sites is 1. The van der Waals surface area contributed by atoms with Crippen LogP contribution in [-0.4, -0.2) is 44.4 Å². The van der Waals surface area contributed by atoms with Crippen LogP contribution in [0.3, 0.4) is 0 Å². The van der Waals surface area contributed by atoms with E-state index >= 15 is 0 Å². The van der Waals surface area contributed by atoms with Crippen LogP contribution in [0, 0.1) is 5.82 Å². The minimum absolute atomic E-state index is 0.223. The van der Waals surface area contributed by atoms with Crippen molar-refractivity contribution >= 4 is 34.8 Å². The molecular formula is C28H18ClF13N2O4. The molecule has 0 saturated heterocycles. The number of alkyl halides is 12. The van der Waals surface area contributed by atoms with Gasteiger partial charge in [-0.15, -0.1) is 0 Å². The van der Waals surface area contributed by atoms with Gasteiger partial charge >= 0.3 is 30.8 Å². The van der Waals surface area contributed by atoms with E-state index in [4.69, 9.17) is 16.3 Å². The summed E-state index contributed by atoms with van der Waals surface area (Å²) in [5.41, 5.74) is -12.9. The molecule has 1 N–H and O–H groups in total. The number of amides is 2. The first-order chi connectivity index (χ1) is 22.0. The Kier molecular flexibility index (Phi) is 10.8. The number of anilines is 2. The van der Waals surface area contributed by atoms with Crippen LogP contribution in [0.1, 0.15) is 38.8 Å². The van der Waals surface area contributed by atoms with Crippen molar-refractivity contribution in [2.75, 3.05) is 23.9 Å². The minimum Gasteiger partial charge on any atom is -0.494 e. The summed E-state index contributed by atoms with van der Waals surface area (Å²) in [6.45, 7) is -2.90. The van der Waals surface area contributed by atoms with Gasteiger partial charge in [0.15, 0.2) is 11.5 Å². The topological polar surface area (TPSA) is 67.9 Å². The second-order valence-electron chi connectivity index (χ2n) is 9.42. The first kappa shape index (κ1) is 38.0. The molecule has 0 aliphatic heterocycles. The highest BCUT2D eigenvalue weighted by atomic mass is 35.5. The Morgan fingerprint density at radius 2 is 1.52 bits per heavy atom. The number of carbonyl (C=O) groups excluding carboxylic acids is 2. The summed E-state index contributed by atoms with van der Waals surface area (Å²) < 4.78 is 184. The Balaban J connectivity index is 2.12. The van der Waals surface area contributed by atoms with E-state index in [9.17, 15) is 66.7 Å². The van der Waals surface area contributed by atoms with Crippen molar-refractivity contribution < 1.29 is 76.1 Å². The molecule has 0 fully saturated rings. The molecule has 0 aliphatic rings. The normalized spacial score (nSPS) is 12.6. The number of hydrogen-bond donors (Lipinski definition) is 1. The zero-order chi connectivity index (χ0) is 36.6. The molecule has 2 amide bonds. The fraction of sp³-hybridized carbons (Fsp3) is 0.286. The second-order valence-corrected chi connectivity index (χ2v) is 9.82. The number of nitrogens with one attached hydrogen (secondary N) is 1. The van der Waals surface area contributed by atoms with Gasteiger partial charge in [-0.05, 0) is 49.4 Å². The van der Waals surface area contributed by atoms with Crippen LogP contribution in [0.15, 0.2) is 48.5 Å². The molecule has 3 aromatic rings. The number of ether oxygens (including phenoxy) is 2. The van der Waals surface area contributed by atoms with E-state index in [2.05, 4.69) is 4.74 Å². The van der Waals surface area contributed by atoms with Gasteiger partial charge in [0.2, 0.25) is 0 Å². The molecule has 6 nitrogen and oxygen atoms in total. The lowest BCUT2D eigenvalue weighted by Gasteiger charge is -2.31. The quantitative estimate of drug-likeness (QED) is 0.223. The van der Waals surface area contributed by atoms with Crippen molar-refractivity contribution in [2.24, 2.45) is 0 Å². The molecule has 0 radical (unpaired) electrons. The number of nitrogens with zero attached hydrogens (tertiary/aromatic N) is 1. The van der Waals surface area contributed by atoms with E-state index in [1.54, 1.807) is 0 Å². The summed E-state index contributed by atoms with van der Waals surface area (Å²) >= 11 is 5.77. The van der Waals surface area contributed by atoms with Crippen LogP contribution >= 0.6 is 11.6 Å². The predicted octanol–water partition coefficient (Wildman–Crippen LogP) is 9.32. The average molecular weight is 729 g/mol. The standard InChI is InChI=1S/C28H18ClF13N2O4/c1-3-44(23(46)12-7-8-17(30)15(9-12)26(34,35)36)18-6-4-5-14(21(18)47-2)22(45)43-20-16(29)10-13(11-19(20)48-24(31)32)25(33,27(37,38)39)28(40,41)42/h4-11,24H,3H2,1-2H3,(H,43,45). The fourth-order valence-corrected chi connectivity index (χ4v) is 4.60.